The maximum atomic E-state index is 12.6. The molecule has 0 bridgehead atoms. The SMILES string of the molecule is CC(C)(C)c1noc(CCCC(=O)Nc2cccc(CS(=O)C3CCOCC3)c2)n1. The number of ether oxygens (including phenoxy) is 1. The average molecular weight is 434 g/mol. The summed E-state index contributed by atoms with van der Waals surface area (Å²) in [6, 6.07) is 7.60. The van der Waals surface area contributed by atoms with Gasteiger partial charge in [-0.1, -0.05) is 38.1 Å². The highest BCUT2D eigenvalue weighted by molar-refractivity contribution is 7.84. The molecule has 0 saturated carbocycles. The van der Waals surface area contributed by atoms with Gasteiger partial charge in [-0.15, -0.1) is 0 Å². The molecule has 1 aromatic carbocycles. The lowest BCUT2D eigenvalue weighted by Gasteiger charge is -2.21. The van der Waals surface area contributed by atoms with Crippen LogP contribution in [-0.2, 0) is 37.9 Å². The number of hydrogen-bond donors (Lipinski definition) is 1. The molecule has 1 amide bonds. The number of carbonyl (C=O) groups is 1. The maximum absolute atomic E-state index is 12.6. The molecule has 8 heteroatoms. The van der Waals surface area contributed by atoms with E-state index in [0.29, 0.717) is 49.9 Å². The predicted molar refractivity (Wildman–Crippen MR) is 117 cm³/mol. The van der Waals surface area contributed by atoms with Crippen LogP contribution in [0.5, 0.6) is 0 Å². The van der Waals surface area contributed by atoms with Crippen LogP contribution < -0.4 is 5.32 Å². The number of carbonyl (C=O) groups excluding carboxylic acids is 1. The molecule has 1 saturated heterocycles. The number of aryl methyl sites for hydroxylation is 1. The molecule has 3 rings (SSSR count). The van der Waals surface area contributed by atoms with E-state index >= 15 is 0 Å². The topological polar surface area (TPSA) is 94.3 Å². The van der Waals surface area contributed by atoms with E-state index in [-0.39, 0.29) is 16.6 Å². The molecule has 164 valence electrons. The van der Waals surface area contributed by atoms with E-state index in [2.05, 4.69) is 15.5 Å². The molecule has 1 atom stereocenters. The lowest BCUT2D eigenvalue weighted by molar-refractivity contribution is -0.116. The molecule has 0 spiro atoms. The second-order valence-corrected chi connectivity index (χ2v) is 10.4. The summed E-state index contributed by atoms with van der Waals surface area (Å²) in [6.45, 7) is 7.47. The number of nitrogens with zero attached hydrogens (tertiary/aromatic N) is 2. The van der Waals surface area contributed by atoms with Gasteiger partial charge in [-0.3, -0.25) is 9.00 Å². The summed E-state index contributed by atoms with van der Waals surface area (Å²) < 4.78 is 23.2. The van der Waals surface area contributed by atoms with E-state index in [0.717, 1.165) is 24.1 Å². The van der Waals surface area contributed by atoms with Gasteiger partial charge in [-0.2, -0.15) is 4.98 Å². The van der Waals surface area contributed by atoms with Gasteiger partial charge >= 0.3 is 0 Å². The quantitative estimate of drug-likeness (QED) is 0.681. The maximum Gasteiger partial charge on any atom is 0.226 e. The molecule has 2 aromatic rings. The Morgan fingerprint density at radius 1 is 1.27 bits per heavy atom. The Bertz CT molecular complexity index is 869. The van der Waals surface area contributed by atoms with Crippen molar-refractivity contribution in [3.8, 4) is 0 Å². The third kappa shape index (κ3) is 6.74. The van der Waals surface area contributed by atoms with Crippen LogP contribution in [0.15, 0.2) is 28.8 Å². The van der Waals surface area contributed by atoms with Gasteiger partial charge in [0.1, 0.15) is 0 Å². The predicted octanol–water partition coefficient (Wildman–Crippen LogP) is 3.76. The van der Waals surface area contributed by atoms with Gasteiger partial charge in [-0.05, 0) is 37.0 Å². The van der Waals surface area contributed by atoms with Crippen LogP contribution in [0, 0.1) is 0 Å². The second-order valence-electron chi connectivity index (χ2n) is 8.70. The van der Waals surface area contributed by atoms with Gasteiger partial charge < -0.3 is 14.6 Å². The van der Waals surface area contributed by atoms with Crippen LogP contribution in [0.3, 0.4) is 0 Å². The minimum atomic E-state index is -0.925. The van der Waals surface area contributed by atoms with Gasteiger partial charge in [0.2, 0.25) is 11.8 Å². The first-order chi connectivity index (χ1) is 14.3. The monoisotopic (exact) mass is 433 g/mol. The van der Waals surface area contributed by atoms with E-state index in [1.165, 1.54) is 0 Å². The molecular formula is C22H31N3O4S. The number of amides is 1. The fraction of sp³-hybridized carbons (Fsp3) is 0.591. The zero-order valence-electron chi connectivity index (χ0n) is 18.0. The Labute approximate surface area is 180 Å². The third-order valence-corrected chi connectivity index (χ3v) is 6.83. The Kier molecular flexibility index (Phi) is 7.77. The van der Waals surface area contributed by atoms with E-state index in [4.69, 9.17) is 9.26 Å². The molecule has 1 aliphatic rings. The highest BCUT2D eigenvalue weighted by Gasteiger charge is 2.21. The first-order valence-electron chi connectivity index (χ1n) is 10.5. The molecule has 30 heavy (non-hydrogen) atoms. The van der Waals surface area contributed by atoms with E-state index < -0.39 is 10.8 Å². The smallest absolute Gasteiger partial charge is 0.226 e. The van der Waals surface area contributed by atoms with Crippen molar-refractivity contribution >= 4 is 22.4 Å². The molecular weight excluding hydrogens is 402 g/mol. The van der Waals surface area contributed by atoms with Gasteiger partial charge in [0.15, 0.2) is 5.82 Å². The van der Waals surface area contributed by atoms with E-state index in [9.17, 15) is 9.00 Å². The molecule has 7 nitrogen and oxygen atoms in total. The van der Waals surface area contributed by atoms with Gasteiger partial charge in [0.25, 0.3) is 0 Å². The van der Waals surface area contributed by atoms with E-state index in [1.807, 2.05) is 45.0 Å². The third-order valence-electron chi connectivity index (χ3n) is 4.99. The molecule has 0 radical (unpaired) electrons. The van der Waals surface area contributed by atoms with Crippen molar-refractivity contribution in [3.63, 3.8) is 0 Å². The largest absolute Gasteiger partial charge is 0.381 e. The first-order valence-corrected chi connectivity index (χ1v) is 11.9. The van der Waals surface area contributed by atoms with E-state index in [1.54, 1.807) is 0 Å². The fourth-order valence-electron chi connectivity index (χ4n) is 3.24. The minimum absolute atomic E-state index is 0.0618. The molecule has 1 aromatic heterocycles. The normalized spacial score (nSPS) is 16.4. The van der Waals surface area contributed by atoms with Gasteiger partial charge in [0, 0.05) is 59.0 Å². The summed E-state index contributed by atoms with van der Waals surface area (Å²) in [4.78, 5) is 16.7. The van der Waals surface area contributed by atoms with Gasteiger partial charge in [0.05, 0.1) is 0 Å². The van der Waals surface area contributed by atoms with Crippen molar-refractivity contribution in [2.75, 3.05) is 18.5 Å². The van der Waals surface area contributed by atoms with Crippen LogP contribution >= 0.6 is 0 Å². The van der Waals surface area contributed by atoms with Crippen molar-refractivity contribution < 1.29 is 18.3 Å². The Hall–Kier alpha value is -2.06. The van der Waals surface area contributed by atoms with Crippen molar-refractivity contribution in [3.05, 3.63) is 41.5 Å². The van der Waals surface area contributed by atoms with Crippen molar-refractivity contribution in [1.29, 1.82) is 0 Å². The summed E-state index contributed by atoms with van der Waals surface area (Å²) in [6.07, 6.45) is 3.26. The fourth-order valence-corrected chi connectivity index (χ4v) is 4.71. The first kappa shape index (κ1) is 22.6. The van der Waals surface area contributed by atoms with Crippen LogP contribution in [0.1, 0.15) is 63.7 Å². The number of benzene rings is 1. The Morgan fingerprint density at radius 3 is 2.73 bits per heavy atom. The molecule has 1 N–H and O–H groups in total. The molecule has 2 heterocycles. The minimum Gasteiger partial charge on any atom is -0.381 e. The number of aromatic nitrogens is 2. The van der Waals surface area contributed by atoms with Crippen molar-refractivity contribution in [2.24, 2.45) is 0 Å². The number of anilines is 1. The number of nitrogens with one attached hydrogen (secondary N) is 1. The number of rotatable bonds is 8. The molecule has 1 aliphatic heterocycles. The molecule has 1 unspecified atom stereocenters. The zero-order valence-corrected chi connectivity index (χ0v) is 18.8. The van der Waals surface area contributed by atoms with Crippen LogP contribution in [-0.4, -0.2) is 38.7 Å². The molecule has 0 aliphatic carbocycles. The summed E-state index contributed by atoms with van der Waals surface area (Å²) >= 11 is 0. The standard InChI is InChI=1S/C22H31N3O4S/c1-22(2,3)21-24-20(29-25-21)9-5-8-19(26)23-17-7-4-6-16(14-17)15-30(27)18-10-12-28-13-11-18/h4,6-7,14,18H,5,8-13,15H2,1-3H3,(H,23,26). The second kappa shape index (κ2) is 10.3. The summed E-state index contributed by atoms with van der Waals surface area (Å²) in [7, 11) is -0.925. The van der Waals surface area contributed by atoms with Crippen LogP contribution in [0.25, 0.3) is 0 Å². The zero-order chi connectivity index (χ0) is 21.6. The van der Waals surface area contributed by atoms with Crippen LogP contribution in [0.2, 0.25) is 0 Å². The summed E-state index contributed by atoms with van der Waals surface area (Å²) in [5.74, 6) is 1.68. The summed E-state index contributed by atoms with van der Waals surface area (Å²) in [5.41, 5.74) is 1.55. The van der Waals surface area contributed by atoms with Gasteiger partial charge in [-0.25, -0.2) is 0 Å². The Balaban J connectivity index is 1.45. The highest BCUT2D eigenvalue weighted by atomic mass is 32.2. The van der Waals surface area contributed by atoms with Crippen molar-refractivity contribution in [1.82, 2.24) is 10.1 Å². The Morgan fingerprint density at radius 2 is 2.03 bits per heavy atom. The van der Waals surface area contributed by atoms with Crippen molar-refractivity contribution in [2.45, 2.75) is 69.3 Å². The number of hydrogen-bond acceptors (Lipinski definition) is 6. The van der Waals surface area contributed by atoms with Crippen LogP contribution in [0.4, 0.5) is 5.69 Å². The molecule has 1 fully saturated rings. The average Bonchev–Trinajstić information content (AvgIpc) is 3.18. The lowest BCUT2D eigenvalue weighted by atomic mass is 9.96. The summed E-state index contributed by atoms with van der Waals surface area (Å²) in [5, 5.41) is 7.12. The highest BCUT2D eigenvalue weighted by Crippen LogP contribution is 2.20. The lowest BCUT2D eigenvalue weighted by Crippen LogP contribution is -2.25.